The van der Waals surface area contributed by atoms with Gasteiger partial charge < -0.3 is 9.47 Å². The summed E-state index contributed by atoms with van der Waals surface area (Å²) in [6.45, 7) is 4.06. The van der Waals surface area contributed by atoms with E-state index >= 15 is 0 Å². The Labute approximate surface area is 131 Å². The van der Waals surface area contributed by atoms with Crippen LogP contribution in [0.1, 0.15) is 25.0 Å². The molecule has 1 atom stereocenters. The van der Waals surface area contributed by atoms with Gasteiger partial charge >= 0.3 is 0 Å². The lowest BCUT2D eigenvalue weighted by Crippen LogP contribution is -2.09. The van der Waals surface area contributed by atoms with Gasteiger partial charge in [-0.1, -0.05) is 43.3 Å². The predicted octanol–water partition coefficient (Wildman–Crippen LogP) is 4.04. The van der Waals surface area contributed by atoms with Crippen LogP contribution < -0.4 is 9.47 Å². The lowest BCUT2D eigenvalue weighted by molar-refractivity contribution is -0.120. The van der Waals surface area contributed by atoms with E-state index in [1.54, 1.807) is 14.0 Å². The van der Waals surface area contributed by atoms with Gasteiger partial charge in [0.25, 0.3) is 0 Å². The molecule has 0 aliphatic carbocycles. The van der Waals surface area contributed by atoms with Crippen molar-refractivity contribution in [2.75, 3.05) is 7.11 Å². The number of rotatable bonds is 7. The fraction of sp³-hybridized carbons (Fsp3) is 0.316. The van der Waals surface area contributed by atoms with Crippen molar-refractivity contribution in [1.29, 1.82) is 0 Å². The molecule has 0 fully saturated rings. The minimum absolute atomic E-state index is 0.00960. The van der Waals surface area contributed by atoms with Gasteiger partial charge in [0.2, 0.25) is 0 Å². The maximum Gasteiger partial charge on any atom is 0.161 e. The summed E-state index contributed by atoms with van der Waals surface area (Å²) in [5, 5.41) is 0. The monoisotopic (exact) mass is 298 g/mol. The minimum atomic E-state index is 0.00960. The molecule has 0 aliphatic rings. The highest BCUT2D eigenvalue weighted by Gasteiger charge is 2.11. The summed E-state index contributed by atoms with van der Waals surface area (Å²) >= 11 is 0. The first-order chi connectivity index (χ1) is 10.6. The molecule has 0 aliphatic heterocycles. The molecule has 3 nitrogen and oxygen atoms in total. The highest BCUT2D eigenvalue weighted by molar-refractivity contribution is 5.78. The summed E-state index contributed by atoms with van der Waals surface area (Å²) in [7, 11) is 1.63. The van der Waals surface area contributed by atoms with Crippen LogP contribution in [0.2, 0.25) is 0 Å². The number of ketones is 1. The lowest BCUT2D eigenvalue weighted by Gasteiger charge is -2.14. The van der Waals surface area contributed by atoms with Crippen LogP contribution in [0.5, 0.6) is 11.5 Å². The Morgan fingerprint density at radius 2 is 1.77 bits per heavy atom. The van der Waals surface area contributed by atoms with E-state index in [-0.39, 0.29) is 11.7 Å². The third kappa shape index (κ3) is 4.35. The highest BCUT2D eigenvalue weighted by Crippen LogP contribution is 2.29. The van der Waals surface area contributed by atoms with Gasteiger partial charge in [-0.2, -0.15) is 0 Å². The molecule has 2 aromatic carbocycles. The molecular formula is C19H22O3. The van der Waals surface area contributed by atoms with Crippen molar-refractivity contribution in [3.8, 4) is 11.5 Å². The van der Waals surface area contributed by atoms with Crippen molar-refractivity contribution < 1.29 is 14.3 Å². The van der Waals surface area contributed by atoms with Gasteiger partial charge in [-0.25, -0.2) is 0 Å². The third-order valence-electron chi connectivity index (χ3n) is 3.70. The van der Waals surface area contributed by atoms with Gasteiger partial charge in [-0.15, -0.1) is 0 Å². The van der Waals surface area contributed by atoms with Crippen LogP contribution in [0.4, 0.5) is 0 Å². The molecule has 0 saturated carbocycles. The largest absolute Gasteiger partial charge is 0.493 e. The summed E-state index contributed by atoms with van der Waals surface area (Å²) < 4.78 is 11.2. The summed E-state index contributed by atoms with van der Waals surface area (Å²) in [5.41, 5.74) is 2.18. The molecule has 2 rings (SSSR count). The van der Waals surface area contributed by atoms with E-state index in [0.717, 1.165) is 11.1 Å². The quantitative estimate of drug-likeness (QED) is 0.774. The van der Waals surface area contributed by atoms with Gasteiger partial charge in [0.05, 0.1) is 7.11 Å². The molecule has 1 unspecified atom stereocenters. The van der Waals surface area contributed by atoms with E-state index in [0.29, 0.717) is 24.5 Å². The Balaban J connectivity index is 2.12. The Bertz CT molecular complexity index is 620. The zero-order valence-electron chi connectivity index (χ0n) is 13.3. The molecule has 0 spiro atoms. The smallest absolute Gasteiger partial charge is 0.161 e. The second-order valence-corrected chi connectivity index (χ2v) is 5.48. The number of benzene rings is 2. The Kier molecular flexibility index (Phi) is 5.59. The van der Waals surface area contributed by atoms with Crippen molar-refractivity contribution in [1.82, 2.24) is 0 Å². The van der Waals surface area contributed by atoms with Crippen LogP contribution in [0.3, 0.4) is 0 Å². The van der Waals surface area contributed by atoms with Crippen LogP contribution in [0.15, 0.2) is 48.5 Å². The third-order valence-corrected chi connectivity index (χ3v) is 3.70. The second-order valence-electron chi connectivity index (χ2n) is 5.48. The maximum atomic E-state index is 11.4. The van der Waals surface area contributed by atoms with E-state index in [2.05, 4.69) is 0 Å². The lowest BCUT2D eigenvalue weighted by atomic mass is 9.98. The molecule has 2 aromatic rings. The number of ether oxygens (including phenoxy) is 2. The van der Waals surface area contributed by atoms with Crippen LogP contribution in [0.25, 0.3) is 0 Å². The predicted molar refractivity (Wildman–Crippen MR) is 87.3 cm³/mol. The molecule has 0 bridgehead atoms. The molecule has 0 aromatic heterocycles. The first-order valence-electron chi connectivity index (χ1n) is 7.44. The van der Waals surface area contributed by atoms with E-state index in [4.69, 9.17) is 9.47 Å². The summed E-state index contributed by atoms with van der Waals surface area (Å²) in [4.78, 5) is 11.4. The Morgan fingerprint density at radius 1 is 1.05 bits per heavy atom. The molecule has 22 heavy (non-hydrogen) atoms. The van der Waals surface area contributed by atoms with E-state index in [9.17, 15) is 4.79 Å². The van der Waals surface area contributed by atoms with Crippen LogP contribution in [0, 0.1) is 5.92 Å². The standard InChI is InChI=1S/C19H22O3/c1-14(15(2)20)11-17-9-10-18(21-3)19(12-17)22-13-16-7-5-4-6-8-16/h4-10,12,14H,11,13H2,1-3H3. The summed E-state index contributed by atoms with van der Waals surface area (Å²) in [6, 6.07) is 15.8. The SMILES string of the molecule is COc1ccc(CC(C)C(C)=O)cc1OCc1ccccc1. The number of carbonyl (C=O) groups excluding carboxylic acids is 1. The molecule has 0 saturated heterocycles. The average molecular weight is 298 g/mol. The fourth-order valence-corrected chi connectivity index (χ4v) is 2.19. The van der Waals surface area contributed by atoms with Crippen molar-refractivity contribution in [2.24, 2.45) is 5.92 Å². The van der Waals surface area contributed by atoms with E-state index in [1.807, 2.05) is 55.5 Å². The molecular weight excluding hydrogens is 276 g/mol. The van der Waals surface area contributed by atoms with Crippen molar-refractivity contribution >= 4 is 5.78 Å². The summed E-state index contributed by atoms with van der Waals surface area (Å²) in [5.74, 6) is 1.62. The second kappa shape index (κ2) is 7.64. The first-order valence-corrected chi connectivity index (χ1v) is 7.44. The molecule has 0 heterocycles. The van der Waals surface area contributed by atoms with Crippen molar-refractivity contribution in [3.05, 3.63) is 59.7 Å². The highest BCUT2D eigenvalue weighted by atomic mass is 16.5. The van der Waals surface area contributed by atoms with E-state index < -0.39 is 0 Å². The molecule has 0 N–H and O–H groups in total. The Morgan fingerprint density at radius 3 is 2.41 bits per heavy atom. The van der Waals surface area contributed by atoms with Crippen molar-refractivity contribution in [3.63, 3.8) is 0 Å². The molecule has 116 valence electrons. The first kappa shape index (κ1) is 16.1. The maximum absolute atomic E-state index is 11.4. The van der Waals surface area contributed by atoms with E-state index in [1.165, 1.54) is 0 Å². The normalized spacial score (nSPS) is 11.8. The number of Topliss-reactive ketones (excluding diaryl/α,β-unsaturated/α-hetero) is 1. The number of hydrogen-bond acceptors (Lipinski definition) is 3. The minimum Gasteiger partial charge on any atom is -0.493 e. The average Bonchev–Trinajstić information content (AvgIpc) is 2.54. The molecule has 0 radical (unpaired) electrons. The zero-order valence-corrected chi connectivity index (χ0v) is 13.3. The number of methoxy groups -OCH3 is 1. The van der Waals surface area contributed by atoms with Gasteiger partial charge in [0, 0.05) is 5.92 Å². The number of hydrogen-bond donors (Lipinski definition) is 0. The number of carbonyl (C=O) groups is 1. The van der Waals surface area contributed by atoms with Gasteiger partial charge in [-0.05, 0) is 36.6 Å². The van der Waals surface area contributed by atoms with Crippen LogP contribution >= 0.6 is 0 Å². The van der Waals surface area contributed by atoms with Crippen molar-refractivity contribution in [2.45, 2.75) is 26.9 Å². The summed E-state index contributed by atoms with van der Waals surface area (Å²) in [6.07, 6.45) is 0.709. The van der Waals surface area contributed by atoms with Gasteiger partial charge in [0.1, 0.15) is 12.4 Å². The van der Waals surface area contributed by atoms with Gasteiger partial charge in [-0.3, -0.25) is 4.79 Å². The van der Waals surface area contributed by atoms with Crippen LogP contribution in [-0.4, -0.2) is 12.9 Å². The topological polar surface area (TPSA) is 35.5 Å². The fourth-order valence-electron chi connectivity index (χ4n) is 2.19. The zero-order chi connectivity index (χ0) is 15.9. The molecule has 0 amide bonds. The Hall–Kier alpha value is -2.29. The van der Waals surface area contributed by atoms with Crippen LogP contribution in [-0.2, 0) is 17.8 Å². The molecule has 3 heteroatoms. The van der Waals surface area contributed by atoms with Gasteiger partial charge in [0.15, 0.2) is 11.5 Å².